The molecule has 1 aromatic carbocycles. The van der Waals surface area contributed by atoms with Gasteiger partial charge in [-0.05, 0) is 56.6 Å². The van der Waals surface area contributed by atoms with Crippen molar-refractivity contribution in [3.05, 3.63) is 77.8 Å². The van der Waals surface area contributed by atoms with Crippen molar-refractivity contribution in [2.45, 2.75) is 37.6 Å². The van der Waals surface area contributed by atoms with Gasteiger partial charge in [-0.1, -0.05) is 13.0 Å². The van der Waals surface area contributed by atoms with Gasteiger partial charge in [0.05, 0.1) is 17.9 Å². The number of allylic oxidation sites excluding steroid dienone is 1. The normalized spacial score (nSPS) is 21.0. The lowest BCUT2D eigenvalue weighted by atomic mass is 9.78. The smallest absolute Gasteiger partial charge is 0.182 e. The maximum atomic E-state index is 15.0. The van der Waals surface area contributed by atoms with Crippen molar-refractivity contribution < 1.29 is 8.78 Å². The second kappa shape index (κ2) is 8.63. The molecule has 3 N–H and O–H groups in total. The fourth-order valence-electron chi connectivity index (χ4n) is 5.08. The summed E-state index contributed by atoms with van der Waals surface area (Å²) >= 11 is 0. The van der Waals surface area contributed by atoms with Crippen LogP contribution < -0.4 is 11.1 Å². The number of hydrogen-bond acceptors (Lipinski definition) is 6. The van der Waals surface area contributed by atoms with E-state index in [1.165, 1.54) is 16.7 Å². The molecule has 184 valence electrons. The topological polar surface area (TPSA) is 98.9 Å². The Morgan fingerprint density at radius 1 is 1.14 bits per heavy atom. The number of aliphatic imine (C=N–C) groups is 1. The van der Waals surface area contributed by atoms with Gasteiger partial charge in [-0.15, -0.1) is 0 Å². The molecule has 2 aliphatic heterocycles. The van der Waals surface area contributed by atoms with Gasteiger partial charge in [-0.25, -0.2) is 23.7 Å². The number of rotatable bonds is 4. The molecule has 1 fully saturated rings. The number of nitrogens with two attached hydrogens (primary N) is 1. The lowest BCUT2D eigenvalue weighted by molar-refractivity contribution is 0.342. The molecule has 4 aromatic rings. The number of nitrogens with zero attached hydrogens (tertiary/aromatic N) is 6. The Kier molecular flexibility index (Phi) is 5.40. The summed E-state index contributed by atoms with van der Waals surface area (Å²) in [5, 5.41) is 8.04. The standard InChI is InChI=1S/C26H26F2N8/c1-26(16-13-33-35(14-16)17-7-10-30-11-8-17)12-18(23(29)32-15-26)24-34-20-5-3-9-31-25(20)36(24)21-6-2-4-19(27)22(21)28/h2-6,9,13-15,17,30H,7-8,10-12,29H2,1H3. The summed E-state index contributed by atoms with van der Waals surface area (Å²) in [5.74, 6) is -1.26. The van der Waals surface area contributed by atoms with Gasteiger partial charge < -0.3 is 11.1 Å². The van der Waals surface area contributed by atoms with Crippen LogP contribution in [0.5, 0.6) is 0 Å². The monoisotopic (exact) mass is 488 g/mol. The highest BCUT2D eigenvalue weighted by Crippen LogP contribution is 2.39. The molecular weight excluding hydrogens is 462 g/mol. The molecule has 10 heteroatoms. The number of aromatic nitrogens is 5. The molecule has 0 radical (unpaired) electrons. The van der Waals surface area contributed by atoms with Gasteiger partial charge >= 0.3 is 0 Å². The lowest BCUT2D eigenvalue weighted by Crippen LogP contribution is -2.30. The Morgan fingerprint density at radius 3 is 2.81 bits per heavy atom. The molecule has 36 heavy (non-hydrogen) atoms. The highest BCUT2D eigenvalue weighted by atomic mass is 19.2. The average Bonchev–Trinajstić information content (AvgIpc) is 3.54. The average molecular weight is 489 g/mol. The van der Waals surface area contributed by atoms with Crippen LogP contribution >= 0.6 is 0 Å². The van der Waals surface area contributed by atoms with Gasteiger partial charge in [-0.2, -0.15) is 5.10 Å². The highest BCUT2D eigenvalue weighted by Gasteiger charge is 2.35. The zero-order valence-corrected chi connectivity index (χ0v) is 19.8. The predicted octanol–water partition coefficient (Wildman–Crippen LogP) is 3.88. The molecule has 8 nitrogen and oxygen atoms in total. The Morgan fingerprint density at radius 2 is 1.97 bits per heavy atom. The van der Waals surface area contributed by atoms with Crippen molar-refractivity contribution in [3.8, 4) is 5.69 Å². The molecule has 2 aliphatic rings. The van der Waals surface area contributed by atoms with E-state index in [0.717, 1.165) is 37.6 Å². The number of piperidine rings is 1. The molecule has 1 atom stereocenters. The number of pyridine rings is 1. The Hall–Kier alpha value is -3.92. The van der Waals surface area contributed by atoms with Gasteiger partial charge in [0.2, 0.25) is 0 Å². The Bertz CT molecular complexity index is 1510. The molecule has 0 aliphatic carbocycles. The first-order valence-electron chi connectivity index (χ1n) is 12.0. The van der Waals surface area contributed by atoms with Crippen LogP contribution in [0.15, 0.2) is 59.7 Å². The number of imidazole rings is 1. The van der Waals surface area contributed by atoms with E-state index in [2.05, 4.69) is 33.5 Å². The number of hydrogen-bond donors (Lipinski definition) is 2. The summed E-state index contributed by atoms with van der Waals surface area (Å²) < 4.78 is 32.8. The van der Waals surface area contributed by atoms with E-state index in [-0.39, 0.29) is 11.5 Å². The molecule has 5 heterocycles. The van der Waals surface area contributed by atoms with Crippen molar-refractivity contribution in [1.29, 1.82) is 0 Å². The fraction of sp³-hybridized carbons (Fsp3) is 0.308. The van der Waals surface area contributed by atoms with Crippen molar-refractivity contribution in [2.75, 3.05) is 13.1 Å². The summed E-state index contributed by atoms with van der Waals surface area (Å²) in [5.41, 5.74) is 8.48. The third kappa shape index (κ3) is 3.69. The van der Waals surface area contributed by atoms with E-state index < -0.39 is 17.0 Å². The van der Waals surface area contributed by atoms with Crippen LogP contribution in [0.4, 0.5) is 8.78 Å². The number of halogens is 2. The SMILES string of the molecule is CC1(c2cnn(C3CCNCC3)c2)C=NC(N)=C(c2nc3cccnc3n2-c2cccc(F)c2F)C1. The minimum Gasteiger partial charge on any atom is -0.383 e. The number of nitrogens with one attached hydrogen (secondary N) is 1. The van der Waals surface area contributed by atoms with Gasteiger partial charge in [0.15, 0.2) is 17.3 Å². The van der Waals surface area contributed by atoms with Crippen molar-refractivity contribution >= 4 is 23.0 Å². The van der Waals surface area contributed by atoms with Crippen molar-refractivity contribution in [1.82, 2.24) is 29.6 Å². The first kappa shape index (κ1) is 22.5. The second-order valence-electron chi connectivity index (χ2n) is 9.60. The van der Waals surface area contributed by atoms with E-state index in [9.17, 15) is 8.78 Å². The summed E-state index contributed by atoms with van der Waals surface area (Å²) in [6.07, 6.45) is 9.91. The van der Waals surface area contributed by atoms with E-state index in [1.807, 2.05) is 17.1 Å². The Balaban J connectivity index is 1.44. The molecule has 1 saturated heterocycles. The fourth-order valence-corrected chi connectivity index (χ4v) is 5.08. The van der Waals surface area contributed by atoms with Crippen LogP contribution in [0, 0.1) is 11.6 Å². The Labute approximate surface area is 206 Å². The van der Waals surface area contributed by atoms with Crippen LogP contribution in [0.2, 0.25) is 0 Å². The summed E-state index contributed by atoms with van der Waals surface area (Å²) in [4.78, 5) is 13.7. The van der Waals surface area contributed by atoms with Crippen LogP contribution in [-0.2, 0) is 5.41 Å². The summed E-state index contributed by atoms with van der Waals surface area (Å²) in [7, 11) is 0. The molecule has 6 rings (SSSR count). The van der Waals surface area contributed by atoms with Crippen molar-refractivity contribution in [2.24, 2.45) is 10.7 Å². The second-order valence-corrected chi connectivity index (χ2v) is 9.60. The number of benzene rings is 1. The van der Waals surface area contributed by atoms with Gasteiger partial charge in [-0.3, -0.25) is 9.25 Å². The van der Waals surface area contributed by atoms with Crippen LogP contribution in [0.1, 0.15) is 43.6 Å². The first-order chi connectivity index (χ1) is 17.4. The molecule has 1 unspecified atom stereocenters. The highest BCUT2D eigenvalue weighted by molar-refractivity contribution is 5.86. The summed E-state index contributed by atoms with van der Waals surface area (Å²) in [6, 6.07) is 7.94. The van der Waals surface area contributed by atoms with Crippen LogP contribution in [0.25, 0.3) is 22.4 Å². The molecule has 0 spiro atoms. The van der Waals surface area contributed by atoms with Gasteiger partial charge in [0.25, 0.3) is 0 Å². The first-order valence-corrected chi connectivity index (χ1v) is 12.0. The molecular formula is C26H26F2N8. The van der Waals surface area contributed by atoms with E-state index in [1.54, 1.807) is 18.3 Å². The largest absolute Gasteiger partial charge is 0.383 e. The minimum absolute atomic E-state index is 0.0153. The van der Waals surface area contributed by atoms with Gasteiger partial charge in [0.1, 0.15) is 17.2 Å². The van der Waals surface area contributed by atoms with Crippen LogP contribution in [0.3, 0.4) is 0 Å². The van der Waals surface area contributed by atoms with Gasteiger partial charge in [0, 0.05) is 35.2 Å². The lowest BCUT2D eigenvalue weighted by Gasteiger charge is -2.29. The molecule has 3 aromatic heterocycles. The molecule has 0 amide bonds. The maximum Gasteiger partial charge on any atom is 0.182 e. The van der Waals surface area contributed by atoms with E-state index in [0.29, 0.717) is 35.0 Å². The molecule has 0 saturated carbocycles. The maximum absolute atomic E-state index is 15.0. The minimum atomic E-state index is -0.979. The van der Waals surface area contributed by atoms with E-state index in [4.69, 9.17) is 10.7 Å². The predicted molar refractivity (Wildman–Crippen MR) is 134 cm³/mol. The van der Waals surface area contributed by atoms with Crippen molar-refractivity contribution in [3.63, 3.8) is 0 Å². The zero-order chi connectivity index (χ0) is 24.9. The molecule has 0 bridgehead atoms. The zero-order valence-electron chi connectivity index (χ0n) is 19.8. The number of fused-ring (bicyclic) bond motifs is 1. The third-order valence-electron chi connectivity index (χ3n) is 7.14. The van der Waals surface area contributed by atoms with E-state index >= 15 is 0 Å². The quantitative estimate of drug-likeness (QED) is 0.454. The summed E-state index contributed by atoms with van der Waals surface area (Å²) in [6.45, 7) is 4.02. The van der Waals surface area contributed by atoms with Crippen LogP contribution in [-0.4, -0.2) is 43.6 Å². The third-order valence-corrected chi connectivity index (χ3v) is 7.14.